The number of rotatable bonds is 4. The topological polar surface area (TPSA) is 89.5 Å². The van der Waals surface area contributed by atoms with E-state index >= 15 is 0 Å². The van der Waals surface area contributed by atoms with Gasteiger partial charge >= 0.3 is 6.01 Å². The average molecular weight is 356 g/mol. The van der Waals surface area contributed by atoms with Gasteiger partial charge in [-0.3, -0.25) is 4.79 Å². The van der Waals surface area contributed by atoms with Gasteiger partial charge in [-0.25, -0.2) is 4.98 Å². The maximum Gasteiger partial charge on any atom is 0.324 e. The van der Waals surface area contributed by atoms with Crippen LogP contribution in [-0.4, -0.2) is 53.0 Å². The molecule has 1 saturated heterocycles. The summed E-state index contributed by atoms with van der Waals surface area (Å²) < 4.78 is 11.8. The van der Waals surface area contributed by atoms with Crippen molar-refractivity contribution in [2.45, 2.75) is 6.61 Å². The van der Waals surface area contributed by atoms with Crippen molar-refractivity contribution in [2.75, 3.05) is 43.1 Å². The second-order valence-electron chi connectivity index (χ2n) is 6.26. The molecule has 0 atom stereocenters. The van der Waals surface area contributed by atoms with Crippen LogP contribution in [0.4, 0.5) is 11.7 Å². The smallest absolute Gasteiger partial charge is 0.324 e. The van der Waals surface area contributed by atoms with Crippen molar-refractivity contribution < 1.29 is 9.26 Å². The van der Waals surface area contributed by atoms with Crippen molar-refractivity contribution in [2.24, 2.45) is 7.05 Å². The minimum Gasteiger partial charge on any atom is -0.377 e. The lowest BCUT2D eigenvalue weighted by molar-refractivity contribution is 0.174. The molecule has 0 radical (unpaired) electrons. The predicted octanol–water partition coefficient (Wildman–Crippen LogP) is 0.789. The first-order chi connectivity index (χ1) is 12.7. The highest BCUT2D eigenvalue weighted by atomic mass is 16.5. The van der Waals surface area contributed by atoms with Gasteiger partial charge in [-0.1, -0.05) is 5.16 Å². The molecular formula is C17H20N6O3. The second-order valence-corrected chi connectivity index (χ2v) is 6.26. The number of aryl methyl sites for hydroxylation is 1. The van der Waals surface area contributed by atoms with E-state index in [1.807, 2.05) is 18.2 Å². The van der Waals surface area contributed by atoms with Crippen molar-refractivity contribution in [3.63, 3.8) is 0 Å². The number of aromatic nitrogens is 4. The van der Waals surface area contributed by atoms with Crippen molar-refractivity contribution >= 4 is 22.6 Å². The number of methoxy groups -OCH3 is 1. The van der Waals surface area contributed by atoms with Crippen LogP contribution in [0.2, 0.25) is 0 Å². The molecule has 0 saturated carbocycles. The fraction of sp³-hybridized carbons (Fsp3) is 0.412. The summed E-state index contributed by atoms with van der Waals surface area (Å²) >= 11 is 0. The molecule has 136 valence electrons. The molecule has 0 aliphatic carbocycles. The van der Waals surface area contributed by atoms with Crippen LogP contribution in [0.25, 0.3) is 10.9 Å². The Morgan fingerprint density at radius 3 is 2.73 bits per heavy atom. The third-order valence-corrected chi connectivity index (χ3v) is 4.55. The van der Waals surface area contributed by atoms with Crippen LogP contribution >= 0.6 is 0 Å². The SMILES string of the molecule is COCc1noc(N2CCN(c3ccc4c(=O)n(C)cnc4c3)CC2)n1. The Bertz CT molecular complexity index is 974. The zero-order valence-electron chi connectivity index (χ0n) is 14.8. The van der Waals surface area contributed by atoms with Crippen LogP contribution in [0.1, 0.15) is 5.82 Å². The molecule has 9 heteroatoms. The van der Waals surface area contributed by atoms with Crippen LogP contribution in [0.5, 0.6) is 0 Å². The molecule has 3 aromatic rings. The fourth-order valence-corrected chi connectivity index (χ4v) is 3.11. The summed E-state index contributed by atoms with van der Waals surface area (Å²) in [5.41, 5.74) is 1.74. The Morgan fingerprint density at radius 2 is 1.96 bits per heavy atom. The first-order valence-corrected chi connectivity index (χ1v) is 8.42. The summed E-state index contributed by atoms with van der Waals surface area (Å²) in [6.45, 7) is 3.52. The number of piperazine rings is 1. The molecule has 0 amide bonds. The van der Waals surface area contributed by atoms with Gasteiger partial charge < -0.3 is 23.6 Å². The quantitative estimate of drug-likeness (QED) is 0.678. The van der Waals surface area contributed by atoms with E-state index < -0.39 is 0 Å². The van der Waals surface area contributed by atoms with E-state index in [0.29, 0.717) is 29.3 Å². The van der Waals surface area contributed by atoms with Crippen molar-refractivity contribution in [1.82, 2.24) is 19.7 Å². The number of fused-ring (bicyclic) bond motifs is 1. The maximum atomic E-state index is 12.1. The van der Waals surface area contributed by atoms with Crippen molar-refractivity contribution in [3.05, 3.63) is 40.7 Å². The molecule has 2 aromatic heterocycles. The molecule has 9 nitrogen and oxygen atoms in total. The highest BCUT2D eigenvalue weighted by Gasteiger charge is 2.22. The van der Waals surface area contributed by atoms with Crippen LogP contribution in [0, 0.1) is 0 Å². The van der Waals surface area contributed by atoms with Gasteiger partial charge in [0.1, 0.15) is 6.61 Å². The Labute approximate surface area is 149 Å². The van der Waals surface area contributed by atoms with E-state index in [-0.39, 0.29) is 5.56 Å². The lowest BCUT2D eigenvalue weighted by Gasteiger charge is -2.35. The van der Waals surface area contributed by atoms with Crippen LogP contribution < -0.4 is 15.4 Å². The van der Waals surface area contributed by atoms with E-state index in [0.717, 1.165) is 31.9 Å². The summed E-state index contributed by atoms with van der Waals surface area (Å²) in [4.78, 5) is 25.2. The summed E-state index contributed by atoms with van der Waals surface area (Å²) in [5, 5.41) is 4.53. The molecule has 0 unspecified atom stereocenters. The molecule has 1 fully saturated rings. The van der Waals surface area contributed by atoms with Gasteiger partial charge in [0.15, 0.2) is 5.82 Å². The van der Waals surface area contributed by atoms with Gasteiger partial charge in [0.25, 0.3) is 5.56 Å². The Kier molecular flexibility index (Phi) is 4.29. The minimum atomic E-state index is -0.0328. The highest BCUT2D eigenvalue weighted by Crippen LogP contribution is 2.22. The average Bonchev–Trinajstić information content (AvgIpc) is 3.14. The van der Waals surface area contributed by atoms with Gasteiger partial charge in [-0.2, -0.15) is 4.98 Å². The van der Waals surface area contributed by atoms with Gasteiger partial charge in [-0.15, -0.1) is 0 Å². The van der Waals surface area contributed by atoms with Crippen LogP contribution in [0.3, 0.4) is 0 Å². The predicted molar refractivity (Wildman–Crippen MR) is 96.4 cm³/mol. The largest absolute Gasteiger partial charge is 0.377 e. The summed E-state index contributed by atoms with van der Waals surface area (Å²) in [7, 11) is 3.31. The molecule has 1 aromatic carbocycles. The van der Waals surface area contributed by atoms with Gasteiger partial charge in [0.05, 0.1) is 17.2 Å². The number of benzene rings is 1. The molecule has 0 spiro atoms. The monoisotopic (exact) mass is 356 g/mol. The van der Waals surface area contributed by atoms with Gasteiger partial charge in [0.2, 0.25) is 0 Å². The summed E-state index contributed by atoms with van der Waals surface area (Å²) in [5.74, 6) is 0.548. The Hall–Kier alpha value is -2.94. The highest BCUT2D eigenvalue weighted by molar-refractivity contribution is 5.81. The number of anilines is 2. The summed E-state index contributed by atoms with van der Waals surface area (Å²) in [6, 6.07) is 6.32. The number of hydrogen-bond donors (Lipinski definition) is 0. The van der Waals surface area contributed by atoms with Crippen LogP contribution in [-0.2, 0) is 18.4 Å². The third-order valence-electron chi connectivity index (χ3n) is 4.55. The molecule has 0 bridgehead atoms. The zero-order valence-corrected chi connectivity index (χ0v) is 14.8. The zero-order chi connectivity index (χ0) is 18.1. The van der Waals surface area contributed by atoms with Crippen molar-refractivity contribution in [3.8, 4) is 0 Å². The molecule has 0 N–H and O–H groups in total. The van der Waals surface area contributed by atoms with E-state index in [1.54, 1.807) is 20.5 Å². The first-order valence-electron chi connectivity index (χ1n) is 8.42. The Balaban J connectivity index is 1.48. The number of hydrogen-bond acceptors (Lipinski definition) is 8. The number of nitrogens with zero attached hydrogens (tertiary/aromatic N) is 6. The van der Waals surface area contributed by atoms with Crippen molar-refractivity contribution in [1.29, 1.82) is 0 Å². The van der Waals surface area contributed by atoms with Crippen LogP contribution in [0.15, 0.2) is 33.8 Å². The molecule has 1 aliphatic heterocycles. The van der Waals surface area contributed by atoms with E-state index in [1.165, 1.54) is 4.57 Å². The molecule has 3 heterocycles. The third kappa shape index (κ3) is 3.01. The summed E-state index contributed by atoms with van der Waals surface area (Å²) in [6.07, 6.45) is 1.56. The number of ether oxygens (including phenoxy) is 1. The molecule has 26 heavy (non-hydrogen) atoms. The first kappa shape index (κ1) is 16.5. The van der Waals surface area contributed by atoms with Gasteiger partial charge in [-0.05, 0) is 18.2 Å². The molecule has 4 rings (SSSR count). The molecule has 1 aliphatic rings. The van der Waals surface area contributed by atoms with E-state index in [9.17, 15) is 4.79 Å². The van der Waals surface area contributed by atoms with E-state index in [4.69, 9.17) is 9.26 Å². The molecular weight excluding hydrogens is 336 g/mol. The normalized spacial score (nSPS) is 15.0. The lowest BCUT2D eigenvalue weighted by atomic mass is 10.2. The lowest BCUT2D eigenvalue weighted by Crippen LogP contribution is -2.46. The second kappa shape index (κ2) is 6.75. The maximum absolute atomic E-state index is 12.1. The standard InChI is InChI=1S/C17H20N6O3/c1-21-11-18-14-9-12(3-4-13(14)16(21)24)22-5-7-23(8-6-22)17-19-15(10-25-2)20-26-17/h3-4,9,11H,5-8,10H2,1-2H3. The minimum absolute atomic E-state index is 0.0328. The fourth-order valence-electron chi connectivity index (χ4n) is 3.11. The van der Waals surface area contributed by atoms with E-state index in [2.05, 4.69) is 24.9 Å². The van der Waals surface area contributed by atoms with Gasteiger partial charge in [0, 0.05) is 46.0 Å². The Morgan fingerprint density at radius 1 is 1.19 bits per heavy atom.